The summed E-state index contributed by atoms with van der Waals surface area (Å²) in [7, 11) is 1.46. The Hall–Kier alpha value is -2.57. The molecule has 0 saturated heterocycles. The van der Waals surface area contributed by atoms with Crippen molar-refractivity contribution in [3.05, 3.63) is 29.8 Å². The van der Waals surface area contributed by atoms with E-state index in [1.165, 1.54) is 11.9 Å². The van der Waals surface area contributed by atoms with Gasteiger partial charge in [-0.3, -0.25) is 9.59 Å². The Morgan fingerprint density at radius 1 is 1.25 bits per heavy atom. The monoisotopic (exact) mass is 279 g/mol. The molecule has 1 aromatic carbocycles. The maximum atomic E-state index is 11.7. The van der Waals surface area contributed by atoms with Gasteiger partial charge in [0, 0.05) is 19.2 Å². The summed E-state index contributed by atoms with van der Waals surface area (Å²) in [5.41, 5.74) is 6.43. The van der Waals surface area contributed by atoms with Gasteiger partial charge in [-0.05, 0) is 24.1 Å². The van der Waals surface area contributed by atoms with Crippen molar-refractivity contribution in [2.45, 2.75) is 12.8 Å². The largest absolute Gasteiger partial charge is 0.481 e. The fourth-order valence-corrected chi connectivity index (χ4v) is 1.53. The molecule has 4 N–H and O–H groups in total. The maximum Gasteiger partial charge on any atom is 0.322 e. The normalized spacial score (nSPS) is 9.85. The second-order valence-corrected chi connectivity index (χ2v) is 4.34. The van der Waals surface area contributed by atoms with E-state index in [2.05, 4.69) is 5.32 Å². The van der Waals surface area contributed by atoms with Gasteiger partial charge in [0.15, 0.2) is 0 Å². The van der Waals surface area contributed by atoms with Gasteiger partial charge in [0.2, 0.25) is 5.91 Å². The summed E-state index contributed by atoms with van der Waals surface area (Å²) < 4.78 is 0. The van der Waals surface area contributed by atoms with Crippen molar-refractivity contribution in [3.8, 4) is 0 Å². The summed E-state index contributed by atoms with van der Waals surface area (Å²) in [6.45, 7) is -0.164. The molecular formula is C13H17N3O4. The molecule has 1 rings (SSSR count). The highest BCUT2D eigenvalue weighted by Crippen LogP contribution is 2.11. The topological polar surface area (TPSA) is 113 Å². The Bertz CT molecular complexity index is 499. The lowest BCUT2D eigenvalue weighted by atomic mass is 10.1. The molecule has 0 atom stereocenters. The van der Waals surface area contributed by atoms with Gasteiger partial charge in [0.05, 0.1) is 0 Å². The van der Waals surface area contributed by atoms with Crippen LogP contribution in [-0.4, -0.2) is 41.5 Å². The molecule has 0 aliphatic carbocycles. The summed E-state index contributed by atoms with van der Waals surface area (Å²) in [4.78, 5) is 34.0. The zero-order valence-corrected chi connectivity index (χ0v) is 11.1. The average Bonchev–Trinajstić information content (AvgIpc) is 2.37. The van der Waals surface area contributed by atoms with Gasteiger partial charge < -0.3 is 21.1 Å². The molecule has 7 heteroatoms. The van der Waals surface area contributed by atoms with E-state index in [-0.39, 0.29) is 13.0 Å². The number of amides is 3. The smallest absolute Gasteiger partial charge is 0.322 e. The van der Waals surface area contributed by atoms with E-state index in [9.17, 15) is 14.4 Å². The van der Waals surface area contributed by atoms with Crippen LogP contribution in [0.1, 0.15) is 12.0 Å². The molecule has 0 fully saturated rings. The van der Waals surface area contributed by atoms with Crippen LogP contribution in [0.5, 0.6) is 0 Å². The zero-order valence-electron chi connectivity index (χ0n) is 11.1. The number of rotatable bonds is 6. The molecule has 0 saturated carbocycles. The van der Waals surface area contributed by atoms with E-state index in [0.717, 1.165) is 5.56 Å². The molecule has 108 valence electrons. The summed E-state index contributed by atoms with van der Waals surface area (Å²) in [5.74, 6) is -1.44. The number of likely N-dealkylation sites (N-methyl/N-ethyl adjacent to an activating group) is 1. The molecule has 0 aliphatic heterocycles. The molecule has 0 spiro atoms. The molecule has 20 heavy (non-hydrogen) atoms. The Kier molecular flexibility index (Phi) is 5.52. The Balaban J connectivity index is 2.54. The van der Waals surface area contributed by atoms with Crippen molar-refractivity contribution in [3.63, 3.8) is 0 Å². The van der Waals surface area contributed by atoms with Crippen molar-refractivity contribution in [1.82, 2.24) is 4.90 Å². The first-order valence-corrected chi connectivity index (χ1v) is 5.99. The van der Waals surface area contributed by atoms with Crippen molar-refractivity contribution >= 4 is 23.6 Å². The van der Waals surface area contributed by atoms with Crippen LogP contribution in [0.4, 0.5) is 10.5 Å². The molecular weight excluding hydrogens is 262 g/mol. The molecule has 0 aliphatic rings. The Morgan fingerprint density at radius 3 is 2.35 bits per heavy atom. The summed E-state index contributed by atoms with van der Waals surface area (Å²) in [6.07, 6.45) is 0.498. The van der Waals surface area contributed by atoms with Gasteiger partial charge in [0.25, 0.3) is 0 Å². The summed E-state index contributed by atoms with van der Waals surface area (Å²) >= 11 is 0. The lowest BCUT2D eigenvalue weighted by molar-refractivity contribution is -0.137. The minimum atomic E-state index is -0.851. The second-order valence-electron chi connectivity index (χ2n) is 4.34. The number of primary amides is 1. The van der Waals surface area contributed by atoms with Gasteiger partial charge in [-0.25, -0.2) is 4.79 Å². The van der Waals surface area contributed by atoms with Gasteiger partial charge >= 0.3 is 12.0 Å². The number of nitrogens with one attached hydrogen (secondary N) is 1. The number of hydrogen-bond donors (Lipinski definition) is 3. The van der Waals surface area contributed by atoms with Crippen LogP contribution in [0.15, 0.2) is 24.3 Å². The predicted octanol–water partition coefficient (Wildman–Crippen LogP) is 0.653. The number of carboxylic acid groups (broad SMARTS) is 1. The van der Waals surface area contributed by atoms with Crippen LogP contribution in [0.25, 0.3) is 0 Å². The number of aryl methyl sites for hydroxylation is 1. The van der Waals surface area contributed by atoms with E-state index >= 15 is 0 Å². The van der Waals surface area contributed by atoms with Gasteiger partial charge in [-0.2, -0.15) is 0 Å². The minimum Gasteiger partial charge on any atom is -0.481 e. The quantitative estimate of drug-likeness (QED) is 0.709. The molecule has 0 aromatic heterocycles. The number of carbonyl (C=O) groups is 3. The highest BCUT2D eigenvalue weighted by molar-refractivity contribution is 5.91. The molecule has 7 nitrogen and oxygen atoms in total. The number of aliphatic carboxylic acids is 1. The first kappa shape index (κ1) is 15.5. The van der Waals surface area contributed by atoms with Crippen molar-refractivity contribution < 1.29 is 19.5 Å². The number of hydrogen-bond acceptors (Lipinski definition) is 3. The fraction of sp³-hybridized carbons (Fsp3) is 0.308. The number of carbonyl (C=O) groups excluding carboxylic acids is 2. The first-order valence-electron chi connectivity index (χ1n) is 5.99. The van der Waals surface area contributed by atoms with Crippen LogP contribution in [0, 0.1) is 0 Å². The van der Waals surface area contributed by atoms with Crippen molar-refractivity contribution in [2.75, 3.05) is 18.9 Å². The molecule has 0 bridgehead atoms. The summed E-state index contributed by atoms with van der Waals surface area (Å²) in [5, 5.41) is 11.2. The average molecular weight is 279 g/mol. The van der Waals surface area contributed by atoms with Crippen LogP contribution in [-0.2, 0) is 16.0 Å². The fourth-order valence-electron chi connectivity index (χ4n) is 1.53. The van der Waals surface area contributed by atoms with Crippen LogP contribution < -0.4 is 11.1 Å². The van der Waals surface area contributed by atoms with E-state index in [1.54, 1.807) is 24.3 Å². The van der Waals surface area contributed by atoms with Crippen LogP contribution in [0.3, 0.4) is 0 Å². The molecule has 3 amide bonds. The van der Waals surface area contributed by atoms with Crippen LogP contribution in [0.2, 0.25) is 0 Å². The van der Waals surface area contributed by atoms with E-state index in [0.29, 0.717) is 12.1 Å². The lowest BCUT2D eigenvalue weighted by Gasteiger charge is -2.16. The Morgan fingerprint density at radius 2 is 1.85 bits per heavy atom. The van der Waals surface area contributed by atoms with E-state index < -0.39 is 17.9 Å². The van der Waals surface area contributed by atoms with Gasteiger partial charge in [-0.1, -0.05) is 12.1 Å². The molecule has 0 heterocycles. The van der Waals surface area contributed by atoms with Crippen molar-refractivity contribution in [2.24, 2.45) is 5.73 Å². The lowest BCUT2D eigenvalue weighted by Crippen LogP contribution is -2.38. The molecule has 0 unspecified atom stereocenters. The minimum absolute atomic E-state index is 0.0626. The first-order chi connectivity index (χ1) is 9.38. The third kappa shape index (κ3) is 5.38. The maximum absolute atomic E-state index is 11.7. The number of nitrogens with two attached hydrogens (primary N) is 1. The number of nitrogens with zero attached hydrogens (tertiary/aromatic N) is 1. The number of anilines is 1. The third-order valence-corrected chi connectivity index (χ3v) is 2.57. The Labute approximate surface area is 116 Å². The van der Waals surface area contributed by atoms with Gasteiger partial charge in [-0.15, -0.1) is 0 Å². The van der Waals surface area contributed by atoms with Crippen LogP contribution >= 0.6 is 0 Å². The zero-order chi connectivity index (χ0) is 15.1. The van der Waals surface area contributed by atoms with E-state index in [1.807, 2.05) is 0 Å². The third-order valence-electron chi connectivity index (χ3n) is 2.57. The second kappa shape index (κ2) is 7.13. The highest BCUT2D eigenvalue weighted by Gasteiger charge is 2.10. The van der Waals surface area contributed by atoms with Gasteiger partial charge in [0.1, 0.15) is 6.54 Å². The molecule has 1 aromatic rings. The van der Waals surface area contributed by atoms with E-state index in [4.69, 9.17) is 10.8 Å². The standard InChI is InChI=1S/C13H17N3O4/c1-16(8-11(14)17)13(20)15-10-5-2-9(3-6-10)4-7-12(18)19/h2-3,5-6H,4,7-8H2,1H3,(H2,14,17)(H,15,20)(H,18,19). The van der Waals surface area contributed by atoms with Crippen molar-refractivity contribution in [1.29, 1.82) is 0 Å². The highest BCUT2D eigenvalue weighted by atomic mass is 16.4. The molecule has 0 radical (unpaired) electrons. The number of urea groups is 1. The number of carboxylic acids is 1. The summed E-state index contributed by atoms with van der Waals surface area (Å²) in [6, 6.07) is 6.39. The predicted molar refractivity (Wildman–Crippen MR) is 73.2 cm³/mol. The number of benzene rings is 1. The SMILES string of the molecule is CN(CC(N)=O)C(=O)Nc1ccc(CCC(=O)O)cc1.